The molecule has 0 saturated heterocycles. The van der Waals surface area contributed by atoms with Gasteiger partial charge in [0.05, 0.1) is 23.7 Å². The van der Waals surface area contributed by atoms with Gasteiger partial charge in [0.15, 0.2) is 0 Å². The lowest BCUT2D eigenvalue weighted by Gasteiger charge is -2.31. The standard InChI is InChI=1S/C23H25NO3S/c1-17-11-13-23(14-12-17)28(25,26)24(21-9-6-10-22(16-21)27-4)19(3)20-8-5-7-18(2)15-20/h5-16,19H,1-4H3/t19-/m1/s1. The minimum atomic E-state index is -3.78. The molecule has 146 valence electrons. The smallest absolute Gasteiger partial charge is 0.264 e. The molecule has 4 nitrogen and oxygen atoms in total. The highest BCUT2D eigenvalue weighted by Crippen LogP contribution is 2.35. The zero-order valence-corrected chi connectivity index (χ0v) is 17.4. The van der Waals surface area contributed by atoms with Crippen molar-refractivity contribution >= 4 is 15.7 Å². The third kappa shape index (κ3) is 4.04. The van der Waals surface area contributed by atoms with E-state index in [1.165, 1.54) is 4.31 Å². The van der Waals surface area contributed by atoms with E-state index in [2.05, 4.69) is 0 Å². The van der Waals surface area contributed by atoms with Gasteiger partial charge in [0, 0.05) is 6.07 Å². The minimum Gasteiger partial charge on any atom is -0.497 e. The third-order valence-corrected chi connectivity index (χ3v) is 6.67. The first kappa shape index (κ1) is 20.0. The van der Waals surface area contributed by atoms with Gasteiger partial charge < -0.3 is 4.74 Å². The van der Waals surface area contributed by atoms with E-state index in [1.54, 1.807) is 43.5 Å². The zero-order valence-electron chi connectivity index (χ0n) is 16.6. The number of anilines is 1. The molecule has 0 bridgehead atoms. The van der Waals surface area contributed by atoms with Crippen molar-refractivity contribution in [2.75, 3.05) is 11.4 Å². The summed E-state index contributed by atoms with van der Waals surface area (Å²) in [5.41, 5.74) is 3.59. The Morgan fingerprint density at radius 1 is 0.857 bits per heavy atom. The van der Waals surface area contributed by atoms with Crippen LogP contribution in [-0.4, -0.2) is 15.5 Å². The molecule has 0 aromatic heterocycles. The van der Waals surface area contributed by atoms with Gasteiger partial charge in [-0.25, -0.2) is 8.42 Å². The molecular formula is C23H25NO3S. The SMILES string of the molecule is COc1cccc(N([C@H](C)c2cccc(C)c2)S(=O)(=O)c2ccc(C)cc2)c1. The third-order valence-electron chi connectivity index (χ3n) is 4.76. The van der Waals surface area contributed by atoms with E-state index in [-0.39, 0.29) is 4.90 Å². The van der Waals surface area contributed by atoms with Crippen LogP contribution in [-0.2, 0) is 10.0 Å². The molecule has 0 N–H and O–H groups in total. The molecule has 0 heterocycles. The quantitative estimate of drug-likeness (QED) is 0.571. The Morgan fingerprint density at radius 3 is 2.18 bits per heavy atom. The number of methoxy groups -OCH3 is 1. The van der Waals surface area contributed by atoms with Crippen molar-refractivity contribution in [2.24, 2.45) is 0 Å². The molecular weight excluding hydrogens is 370 g/mol. The van der Waals surface area contributed by atoms with Crippen molar-refractivity contribution < 1.29 is 13.2 Å². The first-order chi connectivity index (χ1) is 13.3. The molecule has 0 aliphatic rings. The van der Waals surface area contributed by atoms with E-state index < -0.39 is 16.1 Å². The Hall–Kier alpha value is -2.79. The van der Waals surface area contributed by atoms with E-state index in [4.69, 9.17) is 4.74 Å². The van der Waals surface area contributed by atoms with Crippen LogP contribution in [0.15, 0.2) is 77.7 Å². The summed E-state index contributed by atoms with van der Waals surface area (Å²) >= 11 is 0. The van der Waals surface area contributed by atoms with Crippen LogP contribution in [0, 0.1) is 13.8 Å². The Kier molecular flexibility index (Phi) is 5.75. The zero-order chi connectivity index (χ0) is 20.3. The molecule has 5 heteroatoms. The summed E-state index contributed by atoms with van der Waals surface area (Å²) in [6.07, 6.45) is 0. The van der Waals surface area contributed by atoms with Gasteiger partial charge in [-0.3, -0.25) is 4.31 Å². The maximum Gasteiger partial charge on any atom is 0.264 e. The summed E-state index contributed by atoms with van der Waals surface area (Å²) in [4.78, 5) is 0.264. The average molecular weight is 396 g/mol. The molecule has 0 amide bonds. The van der Waals surface area contributed by atoms with Crippen molar-refractivity contribution in [3.05, 3.63) is 89.5 Å². The largest absolute Gasteiger partial charge is 0.497 e. The number of sulfonamides is 1. The van der Waals surface area contributed by atoms with Gasteiger partial charge in [0.2, 0.25) is 0 Å². The molecule has 0 aliphatic heterocycles. The molecule has 28 heavy (non-hydrogen) atoms. The summed E-state index contributed by atoms with van der Waals surface area (Å²) in [5.74, 6) is 0.609. The molecule has 0 radical (unpaired) electrons. The Bertz CT molecular complexity index is 1060. The molecule has 3 aromatic rings. The van der Waals surface area contributed by atoms with Crippen molar-refractivity contribution in [1.82, 2.24) is 0 Å². The molecule has 0 saturated carbocycles. The first-order valence-electron chi connectivity index (χ1n) is 9.14. The van der Waals surface area contributed by atoms with E-state index in [0.717, 1.165) is 16.7 Å². The van der Waals surface area contributed by atoms with Gasteiger partial charge in [-0.2, -0.15) is 0 Å². The van der Waals surface area contributed by atoms with Crippen LogP contribution in [0.3, 0.4) is 0 Å². The first-order valence-corrected chi connectivity index (χ1v) is 10.6. The normalized spacial score (nSPS) is 12.4. The number of rotatable bonds is 6. The van der Waals surface area contributed by atoms with Crippen molar-refractivity contribution in [3.63, 3.8) is 0 Å². The van der Waals surface area contributed by atoms with Crippen molar-refractivity contribution in [1.29, 1.82) is 0 Å². The summed E-state index contributed by atoms with van der Waals surface area (Å²) in [5, 5.41) is 0. The van der Waals surface area contributed by atoms with Gasteiger partial charge >= 0.3 is 0 Å². The van der Waals surface area contributed by atoms with Gasteiger partial charge in [-0.15, -0.1) is 0 Å². The lowest BCUT2D eigenvalue weighted by atomic mass is 10.1. The second-order valence-corrected chi connectivity index (χ2v) is 8.72. The van der Waals surface area contributed by atoms with E-state index in [9.17, 15) is 8.42 Å². The molecule has 0 unspecified atom stereocenters. The second kappa shape index (κ2) is 8.07. The van der Waals surface area contributed by atoms with Gasteiger partial charge in [-0.05, 0) is 50.6 Å². The number of nitrogens with zero attached hydrogens (tertiary/aromatic N) is 1. The molecule has 0 aliphatic carbocycles. The fourth-order valence-corrected chi connectivity index (χ4v) is 4.84. The van der Waals surface area contributed by atoms with Crippen LogP contribution in [0.5, 0.6) is 5.75 Å². The highest BCUT2D eigenvalue weighted by molar-refractivity contribution is 7.92. The summed E-state index contributed by atoms with van der Waals surface area (Å²) in [7, 11) is -2.21. The minimum absolute atomic E-state index is 0.264. The lowest BCUT2D eigenvalue weighted by molar-refractivity contribution is 0.415. The van der Waals surface area contributed by atoms with Crippen LogP contribution in [0.2, 0.25) is 0 Å². The van der Waals surface area contributed by atoms with Gasteiger partial charge in [0.1, 0.15) is 5.75 Å². The molecule has 1 atom stereocenters. The topological polar surface area (TPSA) is 46.6 Å². The average Bonchev–Trinajstić information content (AvgIpc) is 2.68. The summed E-state index contributed by atoms with van der Waals surface area (Å²) in [6.45, 7) is 5.84. The second-order valence-electron chi connectivity index (χ2n) is 6.91. The highest BCUT2D eigenvalue weighted by Gasteiger charge is 2.30. The Morgan fingerprint density at radius 2 is 1.54 bits per heavy atom. The van der Waals surface area contributed by atoms with Gasteiger partial charge in [-0.1, -0.05) is 53.6 Å². The van der Waals surface area contributed by atoms with Crippen molar-refractivity contribution in [2.45, 2.75) is 31.7 Å². The van der Waals surface area contributed by atoms with Gasteiger partial charge in [0.25, 0.3) is 10.0 Å². The number of benzene rings is 3. The fraction of sp³-hybridized carbons (Fsp3) is 0.217. The molecule has 3 rings (SSSR count). The summed E-state index contributed by atoms with van der Waals surface area (Å²) in [6, 6.07) is 21.6. The fourth-order valence-electron chi connectivity index (χ4n) is 3.21. The molecule has 0 fully saturated rings. The van der Waals surface area contributed by atoms with Crippen LogP contribution >= 0.6 is 0 Å². The maximum absolute atomic E-state index is 13.6. The Labute approximate surface area is 167 Å². The van der Waals surface area contributed by atoms with Crippen LogP contribution in [0.25, 0.3) is 0 Å². The molecule has 0 spiro atoms. The van der Waals surface area contributed by atoms with Crippen LogP contribution in [0.1, 0.15) is 29.7 Å². The van der Waals surface area contributed by atoms with E-state index in [1.807, 2.05) is 57.2 Å². The maximum atomic E-state index is 13.6. The van der Waals surface area contributed by atoms with E-state index >= 15 is 0 Å². The number of hydrogen-bond donors (Lipinski definition) is 0. The predicted octanol–water partition coefficient (Wildman–Crippen LogP) is 5.27. The Balaban J connectivity index is 2.17. The van der Waals surface area contributed by atoms with Crippen LogP contribution < -0.4 is 9.04 Å². The number of aryl methyl sites for hydroxylation is 2. The van der Waals surface area contributed by atoms with E-state index in [0.29, 0.717) is 11.4 Å². The number of hydrogen-bond acceptors (Lipinski definition) is 3. The summed E-state index contributed by atoms with van der Waals surface area (Å²) < 4.78 is 34.0. The number of ether oxygens (including phenoxy) is 1. The lowest BCUT2D eigenvalue weighted by Crippen LogP contribution is -2.33. The van der Waals surface area contributed by atoms with Crippen LogP contribution in [0.4, 0.5) is 5.69 Å². The monoisotopic (exact) mass is 395 g/mol. The van der Waals surface area contributed by atoms with Crippen molar-refractivity contribution in [3.8, 4) is 5.75 Å². The highest BCUT2D eigenvalue weighted by atomic mass is 32.2. The molecule has 3 aromatic carbocycles. The predicted molar refractivity (Wildman–Crippen MR) is 113 cm³/mol.